The first-order valence-electron chi connectivity index (χ1n) is 9.59. The fourth-order valence-corrected chi connectivity index (χ4v) is 4.41. The van der Waals surface area contributed by atoms with Gasteiger partial charge in [0.1, 0.15) is 0 Å². The zero-order chi connectivity index (χ0) is 17.7. The van der Waals surface area contributed by atoms with Crippen molar-refractivity contribution in [3.05, 3.63) is 71.8 Å². The molecule has 0 spiro atoms. The number of aliphatic hydroxyl groups is 1. The van der Waals surface area contributed by atoms with Crippen LogP contribution in [0.2, 0.25) is 0 Å². The third kappa shape index (κ3) is 4.31. The van der Waals surface area contributed by atoms with Gasteiger partial charge in [0.15, 0.2) is 0 Å². The van der Waals surface area contributed by atoms with Crippen LogP contribution in [0.15, 0.2) is 60.7 Å². The lowest BCUT2D eigenvalue weighted by Gasteiger charge is -2.42. The van der Waals surface area contributed by atoms with Crippen molar-refractivity contribution < 1.29 is 5.11 Å². The highest BCUT2D eigenvalue weighted by molar-refractivity contribution is 5.26. The molecule has 1 fully saturated rings. The summed E-state index contributed by atoms with van der Waals surface area (Å²) in [5, 5.41) is 11.5. The summed E-state index contributed by atoms with van der Waals surface area (Å²) in [6, 6.07) is 21.6. The highest BCUT2D eigenvalue weighted by Crippen LogP contribution is 2.45. The molecule has 2 atom stereocenters. The van der Waals surface area contributed by atoms with E-state index in [4.69, 9.17) is 0 Å². The summed E-state index contributed by atoms with van der Waals surface area (Å²) in [4.78, 5) is 2.29. The summed E-state index contributed by atoms with van der Waals surface area (Å²) in [6.07, 6.45) is 6.30. The van der Waals surface area contributed by atoms with Crippen molar-refractivity contribution in [1.29, 1.82) is 0 Å². The summed E-state index contributed by atoms with van der Waals surface area (Å²) in [5.41, 5.74) is 2.02. The Morgan fingerprint density at radius 1 is 0.840 bits per heavy atom. The van der Waals surface area contributed by atoms with Crippen LogP contribution in [0.25, 0.3) is 0 Å². The Hall–Kier alpha value is -1.64. The topological polar surface area (TPSA) is 23.5 Å². The Kier molecular flexibility index (Phi) is 5.93. The number of rotatable bonds is 6. The molecule has 2 unspecified atom stereocenters. The predicted octanol–water partition coefficient (Wildman–Crippen LogP) is 5.16. The average molecular weight is 338 g/mol. The van der Waals surface area contributed by atoms with Crippen LogP contribution < -0.4 is 0 Å². The zero-order valence-electron chi connectivity index (χ0n) is 15.6. The molecule has 3 rings (SSSR count). The van der Waals surface area contributed by atoms with Gasteiger partial charge >= 0.3 is 0 Å². The van der Waals surface area contributed by atoms with Gasteiger partial charge in [-0.2, -0.15) is 0 Å². The SMILES string of the molecule is CN(C)C(CC(c1ccccc1)C1(O)CCCCC1)c1ccccc1. The zero-order valence-corrected chi connectivity index (χ0v) is 15.6. The van der Waals surface area contributed by atoms with Gasteiger partial charge < -0.3 is 10.0 Å². The van der Waals surface area contributed by atoms with E-state index < -0.39 is 5.60 Å². The minimum Gasteiger partial charge on any atom is -0.389 e. The van der Waals surface area contributed by atoms with Crippen LogP contribution in [0.1, 0.15) is 61.6 Å². The first-order chi connectivity index (χ1) is 12.1. The molecule has 0 amide bonds. The fourth-order valence-electron chi connectivity index (χ4n) is 4.41. The van der Waals surface area contributed by atoms with Crippen molar-refractivity contribution in [2.24, 2.45) is 0 Å². The molecule has 2 nitrogen and oxygen atoms in total. The van der Waals surface area contributed by atoms with Gasteiger partial charge in [-0.05, 0) is 44.5 Å². The van der Waals surface area contributed by atoms with E-state index in [-0.39, 0.29) is 5.92 Å². The molecule has 1 aliphatic rings. The van der Waals surface area contributed by atoms with Gasteiger partial charge in [0.25, 0.3) is 0 Å². The monoisotopic (exact) mass is 337 g/mol. The fraction of sp³-hybridized carbons (Fsp3) is 0.478. The Bertz CT molecular complexity index is 632. The second kappa shape index (κ2) is 8.16. The van der Waals surface area contributed by atoms with E-state index in [0.29, 0.717) is 6.04 Å². The highest BCUT2D eigenvalue weighted by Gasteiger charge is 2.40. The van der Waals surface area contributed by atoms with E-state index in [2.05, 4.69) is 79.7 Å². The summed E-state index contributed by atoms with van der Waals surface area (Å²) >= 11 is 0. The van der Waals surface area contributed by atoms with Crippen molar-refractivity contribution in [3.63, 3.8) is 0 Å². The third-order valence-electron chi connectivity index (χ3n) is 5.84. The van der Waals surface area contributed by atoms with Gasteiger partial charge in [0.05, 0.1) is 5.60 Å². The molecule has 2 heteroatoms. The van der Waals surface area contributed by atoms with Crippen LogP contribution in [0.5, 0.6) is 0 Å². The van der Waals surface area contributed by atoms with Gasteiger partial charge in [-0.25, -0.2) is 0 Å². The molecule has 1 saturated carbocycles. The number of nitrogens with zero attached hydrogens (tertiary/aromatic N) is 1. The third-order valence-corrected chi connectivity index (χ3v) is 5.84. The van der Waals surface area contributed by atoms with Crippen molar-refractivity contribution in [1.82, 2.24) is 4.90 Å². The van der Waals surface area contributed by atoms with E-state index in [0.717, 1.165) is 32.1 Å². The Balaban J connectivity index is 1.93. The molecule has 0 aromatic heterocycles. The normalized spacial score (nSPS) is 19.5. The van der Waals surface area contributed by atoms with Crippen molar-refractivity contribution in [2.75, 3.05) is 14.1 Å². The summed E-state index contributed by atoms with van der Waals surface area (Å²) in [5.74, 6) is 0.168. The molecule has 2 aromatic carbocycles. The van der Waals surface area contributed by atoms with Crippen LogP contribution in [0.4, 0.5) is 0 Å². The quantitative estimate of drug-likeness (QED) is 0.787. The minimum absolute atomic E-state index is 0.168. The van der Waals surface area contributed by atoms with Crippen LogP contribution in [0, 0.1) is 0 Å². The van der Waals surface area contributed by atoms with Gasteiger partial charge in [0, 0.05) is 12.0 Å². The van der Waals surface area contributed by atoms with Gasteiger partial charge in [-0.1, -0.05) is 79.9 Å². The molecule has 2 aromatic rings. The Morgan fingerprint density at radius 3 is 1.88 bits per heavy atom. The largest absolute Gasteiger partial charge is 0.389 e. The van der Waals surface area contributed by atoms with Crippen LogP contribution in [-0.2, 0) is 0 Å². The number of benzene rings is 2. The lowest BCUT2D eigenvalue weighted by atomic mass is 9.70. The molecule has 1 aliphatic carbocycles. The Morgan fingerprint density at radius 2 is 1.36 bits per heavy atom. The number of hydrogen-bond donors (Lipinski definition) is 1. The maximum Gasteiger partial charge on any atom is 0.0716 e. The van der Waals surface area contributed by atoms with Crippen molar-refractivity contribution in [3.8, 4) is 0 Å². The van der Waals surface area contributed by atoms with Crippen molar-refractivity contribution >= 4 is 0 Å². The molecular formula is C23H31NO. The lowest BCUT2D eigenvalue weighted by Crippen LogP contribution is -2.40. The lowest BCUT2D eigenvalue weighted by molar-refractivity contribution is -0.0298. The summed E-state index contributed by atoms with van der Waals surface area (Å²) < 4.78 is 0. The van der Waals surface area contributed by atoms with Crippen molar-refractivity contribution in [2.45, 2.75) is 56.1 Å². The summed E-state index contributed by atoms with van der Waals surface area (Å²) in [6.45, 7) is 0. The first-order valence-corrected chi connectivity index (χ1v) is 9.59. The maximum absolute atomic E-state index is 11.5. The molecule has 25 heavy (non-hydrogen) atoms. The Labute approximate surface area is 152 Å². The molecule has 0 radical (unpaired) electrons. The second-order valence-electron chi connectivity index (χ2n) is 7.75. The van der Waals surface area contributed by atoms with E-state index in [1.807, 2.05) is 0 Å². The molecule has 0 heterocycles. The first kappa shape index (κ1) is 18.2. The van der Waals surface area contributed by atoms with Crippen LogP contribution in [-0.4, -0.2) is 29.7 Å². The minimum atomic E-state index is -0.581. The molecule has 0 saturated heterocycles. The molecule has 134 valence electrons. The van der Waals surface area contributed by atoms with Gasteiger partial charge in [-0.3, -0.25) is 0 Å². The molecule has 0 aliphatic heterocycles. The molecular weight excluding hydrogens is 306 g/mol. The smallest absolute Gasteiger partial charge is 0.0716 e. The second-order valence-corrected chi connectivity index (χ2v) is 7.75. The standard InChI is InChI=1S/C23H31NO/c1-24(2)22(20-14-8-4-9-15-20)18-21(19-12-6-3-7-13-19)23(25)16-10-5-11-17-23/h3-4,6-9,12-15,21-22,25H,5,10-11,16-18H2,1-2H3. The van der Waals surface area contributed by atoms with Crippen LogP contribution in [0.3, 0.4) is 0 Å². The predicted molar refractivity (Wildman–Crippen MR) is 105 cm³/mol. The molecule has 0 bridgehead atoms. The maximum atomic E-state index is 11.5. The van der Waals surface area contributed by atoms with E-state index in [1.165, 1.54) is 17.5 Å². The van der Waals surface area contributed by atoms with Gasteiger partial charge in [-0.15, -0.1) is 0 Å². The average Bonchev–Trinajstić information content (AvgIpc) is 2.64. The summed E-state index contributed by atoms with van der Waals surface area (Å²) in [7, 11) is 4.29. The highest BCUT2D eigenvalue weighted by atomic mass is 16.3. The molecule has 1 N–H and O–H groups in total. The van der Waals surface area contributed by atoms with Crippen LogP contribution >= 0.6 is 0 Å². The van der Waals surface area contributed by atoms with E-state index >= 15 is 0 Å². The number of hydrogen-bond acceptors (Lipinski definition) is 2. The van der Waals surface area contributed by atoms with Gasteiger partial charge in [0.2, 0.25) is 0 Å². The van der Waals surface area contributed by atoms with E-state index in [9.17, 15) is 5.11 Å². The van der Waals surface area contributed by atoms with E-state index in [1.54, 1.807) is 0 Å².